The Hall–Kier alpha value is -1.26. The van der Waals surface area contributed by atoms with Gasteiger partial charge in [-0.25, -0.2) is 0 Å². The maximum absolute atomic E-state index is 9.76. The topological polar surface area (TPSA) is 52.9 Å². The van der Waals surface area contributed by atoms with Gasteiger partial charge in [-0.15, -0.1) is 0 Å². The Morgan fingerprint density at radius 1 is 1.44 bits per heavy atom. The summed E-state index contributed by atoms with van der Waals surface area (Å²) in [7, 11) is 3.45. The second-order valence-electron chi connectivity index (χ2n) is 3.71. The van der Waals surface area contributed by atoms with Crippen LogP contribution in [0.2, 0.25) is 0 Å². The van der Waals surface area contributed by atoms with Gasteiger partial charge < -0.3 is 19.8 Å². The molecule has 0 heterocycles. The molecule has 2 N–H and O–H groups in total. The van der Waals surface area contributed by atoms with Gasteiger partial charge in [0.1, 0.15) is 5.75 Å². The highest BCUT2D eigenvalue weighted by Crippen LogP contribution is 2.33. The smallest absolute Gasteiger partial charge is 0.126 e. The molecule has 1 aromatic carbocycles. The Balaban J connectivity index is 3.16. The Labute approximate surface area is 96.1 Å². The fourth-order valence-corrected chi connectivity index (χ4v) is 1.73. The summed E-state index contributed by atoms with van der Waals surface area (Å²) in [5.41, 5.74) is 1.63. The molecular weight excluding hydrogens is 206 g/mol. The lowest BCUT2D eigenvalue weighted by Crippen LogP contribution is -2.23. The average molecular weight is 225 g/mol. The van der Waals surface area contributed by atoms with E-state index in [1.54, 1.807) is 14.0 Å². The van der Waals surface area contributed by atoms with Gasteiger partial charge >= 0.3 is 0 Å². The van der Waals surface area contributed by atoms with E-state index in [9.17, 15) is 5.11 Å². The summed E-state index contributed by atoms with van der Waals surface area (Å²) < 4.78 is 5.23. The van der Waals surface area contributed by atoms with Crippen LogP contribution < -0.4 is 9.64 Å². The largest absolute Gasteiger partial charge is 0.496 e. The number of methoxy groups -OCH3 is 1. The van der Waals surface area contributed by atoms with Gasteiger partial charge in [0, 0.05) is 24.8 Å². The van der Waals surface area contributed by atoms with E-state index >= 15 is 0 Å². The highest BCUT2D eigenvalue weighted by Gasteiger charge is 2.16. The number of benzene rings is 1. The quantitative estimate of drug-likeness (QED) is 0.790. The van der Waals surface area contributed by atoms with Crippen LogP contribution in [0.1, 0.15) is 18.6 Å². The van der Waals surface area contributed by atoms with Crippen LogP contribution in [0.25, 0.3) is 0 Å². The lowest BCUT2D eigenvalue weighted by molar-refractivity contribution is 0.194. The normalized spacial score (nSPS) is 12.3. The molecule has 0 aliphatic rings. The van der Waals surface area contributed by atoms with Crippen LogP contribution in [-0.4, -0.2) is 37.5 Å². The number of likely N-dealkylation sites (N-methyl/N-ethyl adjacent to an activating group) is 1. The number of nitrogens with zero attached hydrogens (tertiary/aromatic N) is 1. The van der Waals surface area contributed by atoms with Crippen molar-refractivity contribution in [1.29, 1.82) is 0 Å². The zero-order valence-corrected chi connectivity index (χ0v) is 9.97. The van der Waals surface area contributed by atoms with Crippen molar-refractivity contribution in [3.8, 4) is 5.75 Å². The average Bonchev–Trinajstić information content (AvgIpc) is 2.28. The summed E-state index contributed by atoms with van der Waals surface area (Å²) in [6.45, 7) is 2.30. The van der Waals surface area contributed by atoms with E-state index in [2.05, 4.69) is 0 Å². The van der Waals surface area contributed by atoms with Crippen LogP contribution in [0.4, 0.5) is 5.69 Å². The molecule has 0 aliphatic carbocycles. The lowest BCUT2D eigenvalue weighted by atomic mass is 10.1. The highest BCUT2D eigenvalue weighted by molar-refractivity contribution is 5.60. The summed E-state index contributed by atoms with van der Waals surface area (Å²) in [6.07, 6.45) is -0.604. The molecule has 0 radical (unpaired) electrons. The van der Waals surface area contributed by atoms with Crippen molar-refractivity contribution in [3.63, 3.8) is 0 Å². The van der Waals surface area contributed by atoms with Gasteiger partial charge in [-0.1, -0.05) is 6.07 Å². The first-order chi connectivity index (χ1) is 7.61. The zero-order chi connectivity index (χ0) is 12.1. The van der Waals surface area contributed by atoms with Crippen LogP contribution in [0.3, 0.4) is 0 Å². The Kier molecular flexibility index (Phi) is 4.58. The zero-order valence-electron chi connectivity index (χ0n) is 9.97. The first-order valence-corrected chi connectivity index (χ1v) is 5.28. The fraction of sp³-hybridized carbons (Fsp3) is 0.500. The second-order valence-corrected chi connectivity index (χ2v) is 3.71. The van der Waals surface area contributed by atoms with E-state index < -0.39 is 6.10 Å². The molecule has 1 unspecified atom stereocenters. The molecule has 0 saturated carbocycles. The summed E-state index contributed by atoms with van der Waals surface area (Å²) in [5.74, 6) is 0.664. The van der Waals surface area contributed by atoms with E-state index in [0.29, 0.717) is 12.3 Å². The molecule has 1 rings (SSSR count). The highest BCUT2D eigenvalue weighted by atomic mass is 16.5. The second kappa shape index (κ2) is 5.72. The molecule has 16 heavy (non-hydrogen) atoms. The van der Waals surface area contributed by atoms with Crippen molar-refractivity contribution in [1.82, 2.24) is 0 Å². The predicted octanol–water partition coefficient (Wildman–Crippen LogP) is 1.18. The Morgan fingerprint density at radius 2 is 2.12 bits per heavy atom. The van der Waals surface area contributed by atoms with Crippen molar-refractivity contribution >= 4 is 5.69 Å². The minimum atomic E-state index is -0.604. The SMILES string of the molecule is COc1cccc(N(C)CCO)c1C(C)O. The summed E-state index contributed by atoms with van der Waals surface area (Å²) in [4.78, 5) is 1.89. The van der Waals surface area contributed by atoms with E-state index in [-0.39, 0.29) is 6.61 Å². The summed E-state index contributed by atoms with van der Waals surface area (Å²) >= 11 is 0. The third-order valence-corrected chi connectivity index (χ3v) is 2.53. The van der Waals surface area contributed by atoms with Gasteiger partial charge in [0.15, 0.2) is 0 Å². The third kappa shape index (κ3) is 2.65. The minimum absolute atomic E-state index is 0.0763. The number of ether oxygens (including phenoxy) is 1. The van der Waals surface area contributed by atoms with Crippen LogP contribution in [0.5, 0.6) is 5.75 Å². The Morgan fingerprint density at radius 3 is 2.62 bits per heavy atom. The van der Waals surface area contributed by atoms with Crippen molar-refractivity contribution in [3.05, 3.63) is 23.8 Å². The molecule has 1 atom stereocenters. The standard InChI is InChI=1S/C12H19NO3/c1-9(15)12-10(13(2)7-8-14)5-4-6-11(12)16-3/h4-6,9,14-15H,7-8H2,1-3H3. The van der Waals surface area contributed by atoms with Crippen LogP contribution in [0, 0.1) is 0 Å². The summed E-state index contributed by atoms with van der Waals surface area (Å²) in [5, 5.41) is 18.7. The maximum atomic E-state index is 9.76. The van der Waals surface area contributed by atoms with Crippen LogP contribution in [0.15, 0.2) is 18.2 Å². The van der Waals surface area contributed by atoms with Gasteiger partial charge in [-0.2, -0.15) is 0 Å². The van der Waals surface area contributed by atoms with Crippen molar-refractivity contribution in [2.75, 3.05) is 32.2 Å². The summed E-state index contributed by atoms with van der Waals surface area (Å²) in [6, 6.07) is 5.59. The van der Waals surface area contributed by atoms with Gasteiger partial charge in [-0.05, 0) is 19.1 Å². The molecular formula is C12H19NO3. The van der Waals surface area contributed by atoms with Gasteiger partial charge in [0.2, 0.25) is 0 Å². The van der Waals surface area contributed by atoms with Crippen molar-refractivity contribution in [2.45, 2.75) is 13.0 Å². The van der Waals surface area contributed by atoms with E-state index in [4.69, 9.17) is 9.84 Å². The number of anilines is 1. The molecule has 4 heteroatoms. The number of hydrogen-bond donors (Lipinski definition) is 2. The Bertz CT molecular complexity index is 339. The molecule has 90 valence electrons. The molecule has 0 fully saturated rings. The molecule has 0 bridgehead atoms. The first-order valence-electron chi connectivity index (χ1n) is 5.28. The molecule has 0 aliphatic heterocycles. The molecule has 4 nitrogen and oxygen atoms in total. The lowest BCUT2D eigenvalue weighted by Gasteiger charge is -2.24. The van der Waals surface area contributed by atoms with Crippen molar-refractivity contribution < 1.29 is 14.9 Å². The monoisotopic (exact) mass is 225 g/mol. The number of rotatable bonds is 5. The maximum Gasteiger partial charge on any atom is 0.126 e. The molecule has 0 saturated heterocycles. The molecule has 0 spiro atoms. The van der Waals surface area contributed by atoms with E-state index in [0.717, 1.165) is 11.3 Å². The minimum Gasteiger partial charge on any atom is -0.496 e. The van der Waals surface area contributed by atoms with Gasteiger partial charge in [-0.3, -0.25) is 0 Å². The van der Waals surface area contributed by atoms with Crippen molar-refractivity contribution in [2.24, 2.45) is 0 Å². The first kappa shape index (κ1) is 12.8. The molecule has 0 aromatic heterocycles. The number of aliphatic hydroxyl groups is 2. The predicted molar refractivity (Wildman–Crippen MR) is 64.0 cm³/mol. The third-order valence-electron chi connectivity index (χ3n) is 2.53. The van der Waals surface area contributed by atoms with Gasteiger partial charge in [0.05, 0.1) is 19.8 Å². The van der Waals surface area contributed by atoms with E-state index in [1.165, 1.54) is 0 Å². The molecule has 0 amide bonds. The molecule has 1 aromatic rings. The fourth-order valence-electron chi connectivity index (χ4n) is 1.73. The number of aliphatic hydroxyl groups excluding tert-OH is 2. The number of hydrogen-bond acceptors (Lipinski definition) is 4. The van der Waals surface area contributed by atoms with Gasteiger partial charge in [0.25, 0.3) is 0 Å². The van der Waals surface area contributed by atoms with Crippen LogP contribution >= 0.6 is 0 Å². The van der Waals surface area contributed by atoms with Crippen LogP contribution in [-0.2, 0) is 0 Å². The van der Waals surface area contributed by atoms with E-state index in [1.807, 2.05) is 30.1 Å².